The summed E-state index contributed by atoms with van der Waals surface area (Å²) in [4.78, 5) is 20.7. The number of aromatic nitrogens is 4. The van der Waals surface area contributed by atoms with Gasteiger partial charge in [0.15, 0.2) is 17.1 Å². The Morgan fingerprint density at radius 2 is 2.00 bits per heavy atom. The smallest absolute Gasteiger partial charge is 0.192 e. The lowest BCUT2D eigenvalue weighted by Crippen LogP contribution is -2.44. The van der Waals surface area contributed by atoms with Crippen LogP contribution >= 0.6 is 0 Å². The Morgan fingerprint density at radius 3 is 2.89 bits per heavy atom. The van der Waals surface area contributed by atoms with E-state index in [0.717, 1.165) is 40.2 Å². The van der Waals surface area contributed by atoms with Gasteiger partial charge in [-0.15, -0.1) is 0 Å². The molecule has 0 bridgehead atoms. The Balaban J connectivity index is 1.56. The summed E-state index contributed by atoms with van der Waals surface area (Å²) in [5.41, 5.74) is 4.84. The Kier molecular flexibility index (Phi) is 3.75. The molecule has 1 saturated heterocycles. The highest BCUT2D eigenvalue weighted by molar-refractivity contribution is 5.81. The molecule has 0 saturated carbocycles. The average Bonchev–Trinajstić information content (AvgIpc) is 3.06. The molecule has 1 aromatic carbocycles. The first-order chi connectivity index (χ1) is 13.2. The van der Waals surface area contributed by atoms with Crippen molar-refractivity contribution < 1.29 is 9.15 Å². The molecule has 1 fully saturated rings. The average molecular weight is 361 g/mol. The van der Waals surface area contributed by atoms with Crippen molar-refractivity contribution in [3.8, 4) is 11.3 Å². The second-order valence-electron chi connectivity index (χ2n) is 6.80. The third kappa shape index (κ3) is 2.90. The molecule has 4 aromatic rings. The SMILES string of the molecule is Cc1nc2cc(-c3ccc4ncc(N5CCOC[C@@H]5C)nc4n3)ccc2o1. The van der Waals surface area contributed by atoms with Crippen LogP contribution in [0.2, 0.25) is 0 Å². The van der Waals surface area contributed by atoms with E-state index in [1.165, 1.54) is 0 Å². The predicted octanol–water partition coefficient (Wildman–Crippen LogP) is 3.37. The number of nitrogens with zero attached hydrogens (tertiary/aromatic N) is 5. The van der Waals surface area contributed by atoms with Gasteiger partial charge in [0.25, 0.3) is 0 Å². The van der Waals surface area contributed by atoms with E-state index in [1.807, 2.05) is 43.5 Å². The van der Waals surface area contributed by atoms with E-state index in [1.54, 1.807) is 0 Å². The molecule has 7 nitrogen and oxygen atoms in total. The molecule has 1 aliphatic rings. The van der Waals surface area contributed by atoms with Crippen LogP contribution in [0.15, 0.2) is 40.9 Å². The van der Waals surface area contributed by atoms with Crippen molar-refractivity contribution in [2.45, 2.75) is 19.9 Å². The normalized spacial score (nSPS) is 17.7. The molecule has 0 N–H and O–H groups in total. The summed E-state index contributed by atoms with van der Waals surface area (Å²) in [6, 6.07) is 10.1. The number of aryl methyl sites for hydroxylation is 1. The number of ether oxygens (including phenoxy) is 1. The van der Waals surface area contributed by atoms with Crippen molar-refractivity contribution in [3.05, 3.63) is 42.4 Å². The second kappa shape index (κ2) is 6.28. The lowest BCUT2D eigenvalue weighted by molar-refractivity contribution is 0.0985. The molecule has 0 radical (unpaired) electrons. The Morgan fingerprint density at radius 1 is 1.07 bits per heavy atom. The molecule has 5 rings (SSSR count). The number of anilines is 1. The minimum Gasteiger partial charge on any atom is -0.441 e. The lowest BCUT2D eigenvalue weighted by atomic mass is 10.1. The van der Waals surface area contributed by atoms with Gasteiger partial charge in [-0.1, -0.05) is 0 Å². The quantitative estimate of drug-likeness (QED) is 0.542. The van der Waals surface area contributed by atoms with Crippen LogP contribution in [0.3, 0.4) is 0 Å². The molecule has 0 unspecified atom stereocenters. The maximum absolute atomic E-state index is 5.55. The highest BCUT2D eigenvalue weighted by atomic mass is 16.5. The van der Waals surface area contributed by atoms with Gasteiger partial charge >= 0.3 is 0 Å². The first kappa shape index (κ1) is 16.1. The van der Waals surface area contributed by atoms with Crippen molar-refractivity contribution in [2.24, 2.45) is 0 Å². The molecule has 1 atom stereocenters. The van der Waals surface area contributed by atoms with Crippen molar-refractivity contribution in [1.29, 1.82) is 0 Å². The number of benzene rings is 1. The zero-order chi connectivity index (χ0) is 18.4. The molecular formula is C20H19N5O2. The molecule has 136 valence electrons. The molecule has 7 heteroatoms. The number of fused-ring (bicyclic) bond motifs is 2. The summed E-state index contributed by atoms with van der Waals surface area (Å²) in [6.45, 7) is 6.18. The predicted molar refractivity (Wildman–Crippen MR) is 103 cm³/mol. The first-order valence-electron chi connectivity index (χ1n) is 9.03. The maximum Gasteiger partial charge on any atom is 0.192 e. The molecule has 3 aromatic heterocycles. The Labute approximate surface area is 156 Å². The molecular weight excluding hydrogens is 342 g/mol. The van der Waals surface area contributed by atoms with Gasteiger partial charge in [-0.05, 0) is 37.3 Å². The summed E-state index contributed by atoms with van der Waals surface area (Å²) in [7, 11) is 0. The third-order valence-corrected chi connectivity index (χ3v) is 4.85. The molecule has 4 heterocycles. The van der Waals surface area contributed by atoms with Crippen LogP contribution in [0.4, 0.5) is 5.82 Å². The van der Waals surface area contributed by atoms with Gasteiger partial charge in [0.1, 0.15) is 16.9 Å². The summed E-state index contributed by atoms with van der Waals surface area (Å²) >= 11 is 0. The molecule has 27 heavy (non-hydrogen) atoms. The van der Waals surface area contributed by atoms with E-state index in [0.29, 0.717) is 24.8 Å². The van der Waals surface area contributed by atoms with Crippen LogP contribution < -0.4 is 4.90 Å². The van der Waals surface area contributed by atoms with Crippen LogP contribution in [-0.2, 0) is 4.74 Å². The summed E-state index contributed by atoms with van der Waals surface area (Å²) in [5.74, 6) is 1.49. The standard InChI is InChI=1S/C20H19N5O2/c1-12-11-26-8-7-25(12)19-10-21-16-5-4-15(23-20(16)24-19)14-3-6-18-17(9-14)22-13(2)27-18/h3-6,9-10,12H,7-8,11H2,1-2H3/t12-/m0/s1. The number of pyridine rings is 1. The van der Waals surface area contributed by atoms with E-state index < -0.39 is 0 Å². The van der Waals surface area contributed by atoms with Gasteiger partial charge in [0.05, 0.1) is 31.1 Å². The van der Waals surface area contributed by atoms with Gasteiger partial charge < -0.3 is 14.1 Å². The number of rotatable bonds is 2. The molecule has 1 aliphatic heterocycles. The lowest BCUT2D eigenvalue weighted by Gasteiger charge is -2.33. The third-order valence-electron chi connectivity index (χ3n) is 4.85. The molecule has 0 amide bonds. The summed E-state index contributed by atoms with van der Waals surface area (Å²) in [5, 5.41) is 0. The highest BCUT2D eigenvalue weighted by Crippen LogP contribution is 2.25. The van der Waals surface area contributed by atoms with Gasteiger partial charge in [-0.25, -0.2) is 19.9 Å². The van der Waals surface area contributed by atoms with E-state index in [-0.39, 0.29) is 6.04 Å². The van der Waals surface area contributed by atoms with Crippen LogP contribution in [0, 0.1) is 6.92 Å². The number of morpholine rings is 1. The van der Waals surface area contributed by atoms with E-state index in [4.69, 9.17) is 19.1 Å². The second-order valence-corrected chi connectivity index (χ2v) is 6.80. The minimum atomic E-state index is 0.270. The maximum atomic E-state index is 5.55. The minimum absolute atomic E-state index is 0.270. The monoisotopic (exact) mass is 361 g/mol. The topological polar surface area (TPSA) is 77.2 Å². The summed E-state index contributed by atoms with van der Waals surface area (Å²) < 4.78 is 11.1. The molecule has 0 spiro atoms. The summed E-state index contributed by atoms with van der Waals surface area (Å²) in [6.07, 6.45) is 1.82. The van der Waals surface area contributed by atoms with Crippen molar-refractivity contribution in [1.82, 2.24) is 19.9 Å². The largest absolute Gasteiger partial charge is 0.441 e. The van der Waals surface area contributed by atoms with Gasteiger partial charge in [-0.2, -0.15) is 0 Å². The Hall–Kier alpha value is -3.06. The van der Waals surface area contributed by atoms with Crippen molar-refractivity contribution >= 4 is 28.1 Å². The van der Waals surface area contributed by atoms with Crippen LogP contribution in [-0.4, -0.2) is 45.7 Å². The van der Waals surface area contributed by atoms with Gasteiger partial charge in [0.2, 0.25) is 0 Å². The van der Waals surface area contributed by atoms with E-state index in [2.05, 4.69) is 21.8 Å². The first-order valence-corrected chi connectivity index (χ1v) is 9.03. The van der Waals surface area contributed by atoms with Gasteiger partial charge in [-0.3, -0.25) is 0 Å². The zero-order valence-corrected chi connectivity index (χ0v) is 15.2. The van der Waals surface area contributed by atoms with Crippen LogP contribution in [0.25, 0.3) is 33.5 Å². The fourth-order valence-electron chi connectivity index (χ4n) is 3.46. The van der Waals surface area contributed by atoms with E-state index in [9.17, 15) is 0 Å². The van der Waals surface area contributed by atoms with Crippen molar-refractivity contribution in [2.75, 3.05) is 24.7 Å². The number of hydrogen-bond acceptors (Lipinski definition) is 7. The molecule has 0 aliphatic carbocycles. The number of hydrogen-bond donors (Lipinski definition) is 0. The zero-order valence-electron chi connectivity index (χ0n) is 15.2. The van der Waals surface area contributed by atoms with Crippen LogP contribution in [0.1, 0.15) is 12.8 Å². The Bertz CT molecular complexity index is 1140. The fourth-order valence-corrected chi connectivity index (χ4v) is 3.46. The number of oxazole rings is 1. The van der Waals surface area contributed by atoms with Crippen LogP contribution in [0.5, 0.6) is 0 Å². The highest BCUT2D eigenvalue weighted by Gasteiger charge is 2.21. The van der Waals surface area contributed by atoms with Gasteiger partial charge in [0, 0.05) is 19.0 Å². The van der Waals surface area contributed by atoms with E-state index >= 15 is 0 Å². The fraction of sp³-hybridized carbons (Fsp3) is 0.300. The van der Waals surface area contributed by atoms with Crippen molar-refractivity contribution in [3.63, 3.8) is 0 Å².